The largest absolute Gasteiger partial charge is 0.384 e. The number of halogens is 2. The van der Waals surface area contributed by atoms with Crippen LogP contribution in [0, 0.1) is 17.6 Å². The quantitative estimate of drug-likeness (QED) is 0.154. The minimum Gasteiger partial charge on any atom is -0.384 e. The minimum atomic E-state index is -4.31. The SMILES string of the molecule is C[C@H](O)C(=O)NS(=O)(=O)c1ccccc1-c1ccc(CNCCNC(=O)[C@@H](CS)Cc2ccccc2F)c(F)c1. The van der Waals surface area contributed by atoms with Gasteiger partial charge >= 0.3 is 0 Å². The van der Waals surface area contributed by atoms with Gasteiger partial charge in [0.05, 0.1) is 10.8 Å². The lowest BCUT2D eigenvalue weighted by atomic mass is 10.00. The number of thiol groups is 1. The number of carbonyl (C=O) groups excluding carboxylic acids is 2. The van der Waals surface area contributed by atoms with Crippen molar-refractivity contribution in [2.45, 2.75) is 30.9 Å². The number of hydrogen-bond donors (Lipinski definition) is 5. The molecule has 0 spiro atoms. The number of aliphatic hydroxyl groups excluding tert-OH is 1. The van der Waals surface area contributed by atoms with E-state index in [1.54, 1.807) is 30.3 Å². The molecule has 0 aliphatic heterocycles. The number of aliphatic hydroxyl groups is 1. The molecule has 3 rings (SSSR count). The van der Waals surface area contributed by atoms with E-state index in [-0.39, 0.29) is 53.0 Å². The summed E-state index contributed by atoms with van der Waals surface area (Å²) in [5.74, 6) is -2.53. The normalized spacial score (nSPS) is 12.9. The molecule has 3 aromatic rings. The van der Waals surface area contributed by atoms with Gasteiger partial charge in [-0.2, -0.15) is 12.6 Å². The first-order valence-corrected chi connectivity index (χ1v) is 14.6. The lowest BCUT2D eigenvalue weighted by Crippen LogP contribution is -2.37. The van der Waals surface area contributed by atoms with Gasteiger partial charge < -0.3 is 15.7 Å². The van der Waals surface area contributed by atoms with Crippen molar-refractivity contribution in [1.82, 2.24) is 15.4 Å². The highest BCUT2D eigenvalue weighted by molar-refractivity contribution is 7.90. The van der Waals surface area contributed by atoms with Crippen molar-refractivity contribution in [3.05, 3.63) is 89.5 Å². The number of benzene rings is 3. The van der Waals surface area contributed by atoms with Gasteiger partial charge in [-0.3, -0.25) is 9.59 Å². The fourth-order valence-corrected chi connectivity index (χ4v) is 5.45. The molecule has 0 aliphatic carbocycles. The van der Waals surface area contributed by atoms with Crippen LogP contribution in [0.4, 0.5) is 8.78 Å². The molecule has 0 heterocycles. The van der Waals surface area contributed by atoms with Crippen molar-refractivity contribution in [2.24, 2.45) is 5.92 Å². The maximum absolute atomic E-state index is 14.9. The van der Waals surface area contributed by atoms with Crippen LogP contribution >= 0.6 is 12.6 Å². The average molecular weight is 592 g/mol. The van der Waals surface area contributed by atoms with Crippen molar-refractivity contribution < 1.29 is 31.9 Å². The highest BCUT2D eigenvalue weighted by Crippen LogP contribution is 2.28. The van der Waals surface area contributed by atoms with E-state index in [0.29, 0.717) is 17.7 Å². The van der Waals surface area contributed by atoms with Crippen molar-refractivity contribution >= 4 is 34.5 Å². The van der Waals surface area contributed by atoms with Crippen molar-refractivity contribution in [2.75, 3.05) is 18.8 Å². The zero-order chi connectivity index (χ0) is 29.3. The standard InChI is InChI=1S/C28H31F2N3O5S2/c1-18(34)27(35)33-40(37,38)26-9-5-3-7-23(26)19-10-11-21(25(30)15-19)16-31-12-13-32-28(36)22(17-39)14-20-6-2-4-8-24(20)29/h2-11,15,18,22,31,34,39H,12-14,16-17H2,1H3,(H,32,36)(H,33,35)/t18-,22+/m0/s1. The topological polar surface area (TPSA) is 125 Å². The molecule has 3 aromatic carbocycles. The molecule has 12 heteroatoms. The van der Waals surface area contributed by atoms with Gasteiger partial charge in [0.25, 0.3) is 15.9 Å². The molecule has 0 aliphatic rings. The van der Waals surface area contributed by atoms with Gasteiger partial charge in [-0.1, -0.05) is 48.5 Å². The van der Waals surface area contributed by atoms with Crippen LogP contribution in [0.5, 0.6) is 0 Å². The maximum Gasteiger partial charge on any atom is 0.264 e. The van der Waals surface area contributed by atoms with Crippen LogP contribution in [0.15, 0.2) is 71.6 Å². The Morgan fingerprint density at radius 1 is 0.925 bits per heavy atom. The number of amides is 2. The molecule has 0 bridgehead atoms. The van der Waals surface area contributed by atoms with Gasteiger partial charge in [-0.15, -0.1) is 0 Å². The Morgan fingerprint density at radius 2 is 1.62 bits per heavy atom. The minimum absolute atomic E-state index is 0.150. The van der Waals surface area contributed by atoms with Gasteiger partial charge in [-0.25, -0.2) is 21.9 Å². The van der Waals surface area contributed by atoms with E-state index in [1.807, 2.05) is 4.72 Å². The van der Waals surface area contributed by atoms with Crippen LogP contribution < -0.4 is 15.4 Å². The fraction of sp³-hybridized carbons (Fsp3) is 0.286. The van der Waals surface area contributed by atoms with Gasteiger partial charge in [0, 0.05) is 36.5 Å². The molecule has 2 atom stereocenters. The van der Waals surface area contributed by atoms with Crippen LogP contribution in [-0.2, 0) is 32.6 Å². The third kappa shape index (κ3) is 8.34. The van der Waals surface area contributed by atoms with Crippen LogP contribution in [0.2, 0.25) is 0 Å². The molecule has 214 valence electrons. The summed E-state index contributed by atoms with van der Waals surface area (Å²) in [6.45, 7) is 1.90. The average Bonchev–Trinajstić information content (AvgIpc) is 2.92. The zero-order valence-electron chi connectivity index (χ0n) is 21.7. The van der Waals surface area contributed by atoms with Crippen molar-refractivity contribution in [1.29, 1.82) is 0 Å². The predicted octanol–water partition coefficient (Wildman–Crippen LogP) is 2.81. The third-order valence-corrected chi connectivity index (χ3v) is 7.93. The van der Waals surface area contributed by atoms with E-state index >= 15 is 0 Å². The van der Waals surface area contributed by atoms with Crippen LogP contribution in [0.1, 0.15) is 18.1 Å². The summed E-state index contributed by atoms with van der Waals surface area (Å²) in [6, 6.07) is 16.4. The van der Waals surface area contributed by atoms with Crippen LogP contribution in [0.25, 0.3) is 11.1 Å². The highest BCUT2D eigenvalue weighted by Gasteiger charge is 2.24. The molecule has 0 fully saturated rings. The van der Waals surface area contributed by atoms with E-state index in [0.717, 1.165) is 6.92 Å². The first kappa shape index (κ1) is 31.2. The molecule has 0 saturated heterocycles. The Morgan fingerprint density at radius 3 is 2.30 bits per heavy atom. The lowest BCUT2D eigenvalue weighted by molar-refractivity contribution is -0.126. The van der Waals surface area contributed by atoms with Crippen LogP contribution in [0.3, 0.4) is 0 Å². The summed E-state index contributed by atoms with van der Waals surface area (Å²) in [7, 11) is -4.31. The molecule has 4 N–H and O–H groups in total. The van der Waals surface area contributed by atoms with Crippen molar-refractivity contribution in [3.8, 4) is 11.1 Å². The summed E-state index contributed by atoms with van der Waals surface area (Å²) in [4.78, 5) is 24.0. The molecule has 0 radical (unpaired) electrons. The van der Waals surface area contributed by atoms with Gasteiger partial charge in [0.1, 0.15) is 17.7 Å². The first-order chi connectivity index (χ1) is 19.0. The second-order valence-corrected chi connectivity index (χ2v) is 11.1. The molecule has 0 saturated carbocycles. The molecule has 8 nitrogen and oxygen atoms in total. The Labute approximate surface area is 237 Å². The predicted molar refractivity (Wildman–Crippen MR) is 151 cm³/mol. The van der Waals surface area contributed by atoms with Gasteiger partial charge in [0.2, 0.25) is 5.91 Å². The lowest BCUT2D eigenvalue weighted by Gasteiger charge is -2.15. The van der Waals surface area contributed by atoms with E-state index in [4.69, 9.17) is 0 Å². The number of hydrogen-bond acceptors (Lipinski definition) is 7. The summed E-state index contributed by atoms with van der Waals surface area (Å²) >= 11 is 4.22. The third-order valence-electron chi connectivity index (χ3n) is 6.09. The van der Waals surface area contributed by atoms with E-state index < -0.39 is 33.8 Å². The summed E-state index contributed by atoms with van der Waals surface area (Å²) < 4.78 is 56.1. The second-order valence-electron chi connectivity index (χ2n) is 9.09. The molecule has 2 amide bonds. The number of nitrogens with one attached hydrogen (secondary N) is 3. The van der Waals surface area contributed by atoms with Crippen molar-refractivity contribution in [3.63, 3.8) is 0 Å². The van der Waals surface area contributed by atoms with Gasteiger partial charge in [0.15, 0.2) is 0 Å². The summed E-state index contributed by atoms with van der Waals surface area (Å²) in [5, 5.41) is 15.2. The van der Waals surface area contributed by atoms with E-state index in [9.17, 15) is 31.9 Å². The van der Waals surface area contributed by atoms with E-state index in [2.05, 4.69) is 23.3 Å². The molecular weight excluding hydrogens is 560 g/mol. The molecular formula is C28H31F2N3O5S2. The van der Waals surface area contributed by atoms with Gasteiger partial charge in [-0.05, 0) is 42.7 Å². The number of rotatable bonds is 13. The molecule has 0 aromatic heterocycles. The Balaban J connectivity index is 1.57. The first-order valence-electron chi connectivity index (χ1n) is 12.5. The Bertz CT molecular complexity index is 1450. The van der Waals surface area contributed by atoms with Crippen LogP contribution in [-0.4, -0.2) is 50.3 Å². The maximum atomic E-state index is 14.9. The number of sulfonamides is 1. The molecule has 0 unspecified atom stereocenters. The highest BCUT2D eigenvalue weighted by atomic mass is 32.2. The monoisotopic (exact) mass is 591 g/mol. The fourth-order valence-electron chi connectivity index (χ4n) is 3.88. The summed E-state index contributed by atoms with van der Waals surface area (Å²) in [6.07, 6.45) is -1.30. The number of carbonyl (C=O) groups is 2. The zero-order valence-corrected chi connectivity index (χ0v) is 23.4. The Hall–Kier alpha value is -3.32. The Kier molecular flexibility index (Phi) is 11.2. The molecule has 40 heavy (non-hydrogen) atoms. The van der Waals surface area contributed by atoms with E-state index in [1.165, 1.54) is 36.4 Å². The summed E-state index contributed by atoms with van der Waals surface area (Å²) in [5.41, 5.74) is 1.24. The second kappa shape index (κ2) is 14.4. The smallest absolute Gasteiger partial charge is 0.264 e.